The minimum Gasteiger partial charge on any atom is -0.465 e. The van der Waals surface area contributed by atoms with Gasteiger partial charge in [-0.2, -0.15) is 0 Å². The summed E-state index contributed by atoms with van der Waals surface area (Å²) >= 11 is 0. The molecule has 0 spiro atoms. The molecule has 1 aliphatic carbocycles. The van der Waals surface area contributed by atoms with Crippen molar-refractivity contribution in [2.75, 3.05) is 0 Å². The normalized spacial score (nSPS) is 16.2. The van der Waals surface area contributed by atoms with Crippen LogP contribution in [-0.4, -0.2) is 11.2 Å². The van der Waals surface area contributed by atoms with Crippen molar-refractivity contribution in [1.29, 1.82) is 0 Å². The Morgan fingerprint density at radius 2 is 2.50 bits per heavy atom. The summed E-state index contributed by atoms with van der Waals surface area (Å²) in [7, 11) is 0. The number of nitrogens with one attached hydrogen (secondary N) is 1. The molecule has 0 saturated carbocycles. The number of hydrogen-bond acceptors (Lipinski definition) is 1. The second-order valence-corrected chi connectivity index (χ2v) is 2.09. The summed E-state index contributed by atoms with van der Waals surface area (Å²) in [6.07, 6.45) is 6.37. The Hall–Kier alpha value is -1.25. The fraction of sp³-hybridized carbons (Fsp3) is 0.286. The summed E-state index contributed by atoms with van der Waals surface area (Å²) < 4.78 is 0. The van der Waals surface area contributed by atoms with E-state index in [1.54, 1.807) is 6.08 Å². The van der Waals surface area contributed by atoms with E-state index in [4.69, 9.17) is 5.11 Å². The van der Waals surface area contributed by atoms with Gasteiger partial charge >= 0.3 is 6.09 Å². The van der Waals surface area contributed by atoms with Gasteiger partial charge in [-0.3, -0.25) is 5.32 Å². The molecular weight excluding hydrogens is 130 g/mol. The van der Waals surface area contributed by atoms with Gasteiger partial charge in [-0.25, -0.2) is 4.79 Å². The molecule has 0 radical (unpaired) electrons. The molecule has 10 heavy (non-hydrogen) atoms. The van der Waals surface area contributed by atoms with Crippen LogP contribution in [0.3, 0.4) is 0 Å². The van der Waals surface area contributed by atoms with Gasteiger partial charge in [0.25, 0.3) is 0 Å². The highest BCUT2D eigenvalue weighted by atomic mass is 16.4. The number of carboxylic acid groups (broad SMARTS) is 1. The molecular formula is C7H9NO2. The van der Waals surface area contributed by atoms with Gasteiger partial charge in [0.2, 0.25) is 0 Å². The van der Waals surface area contributed by atoms with Crippen molar-refractivity contribution < 1.29 is 9.90 Å². The number of carbonyl (C=O) groups is 1. The predicted molar refractivity (Wildman–Crippen MR) is 37.6 cm³/mol. The zero-order chi connectivity index (χ0) is 7.40. The van der Waals surface area contributed by atoms with E-state index in [-0.39, 0.29) is 0 Å². The van der Waals surface area contributed by atoms with Crippen LogP contribution < -0.4 is 5.32 Å². The third-order valence-corrected chi connectivity index (χ3v) is 1.28. The van der Waals surface area contributed by atoms with E-state index in [9.17, 15) is 4.79 Å². The summed E-state index contributed by atoms with van der Waals surface area (Å²) in [5, 5.41) is 10.6. The van der Waals surface area contributed by atoms with Crippen molar-refractivity contribution in [3.05, 3.63) is 23.9 Å². The van der Waals surface area contributed by atoms with Crippen LogP contribution in [0.4, 0.5) is 4.79 Å². The molecule has 2 N–H and O–H groups in total. The standard InChI is InChI=1S/C7H9NO2/c9-7(10)8-6-4-2-1-3-5-6/h1-2,4,8H,3,5H2,(H,9,10). The van der Waals surface area contributed by atoms with Crippen LogP contribution in [-0.2, 0) is 0 Å². The Balaban J connectivity index is 2.47. The average molecular weight is 139 g/mol. The van der Waals surface area contributed by atoms with Gasteiger partial charge in [-0.05, 0) is 18.9 Å². The highest BCUT2D eigenvalue weighted by molar-refractivity contribution is 5.67. The fourth-order valence-electron chi connectivity index (χ4n) is 0.844. The largest absolute Gasteiger partial charge is 0.465 e. The molecule has 1 aliphatic rings. The van der Waals surface area contributed by atoms with Crippen LogP contribution in [0.15, 0.2) is 23.9 Å². The number of hydrogen-bond donors (Lipinski definition) is 2. The number of allylic oxidation sites excluding steroid dienone is 4. The third-order valence-electron chi connectivity index (χ3n) is 1.28. The SMILES string of the molecule is O=C(O)NC1=CC=CCC1. The number of amides is 1. The number of rotatable bonds is 1. The summed E-state index contributed by atoms with van der Waals surface area (Å²) in [4.78, 5) is 10.1. The zero-order valence-electron chi connectivity index (χ0n) is 5.50. The van der Waals surface area contributed by atoms with Crippen LogP contribution in [0.25, 0.3) is 0 Å². The van der Waals surface area contributed by atoms with E-state index in [1.807, 2.05) is 12.2 Å². The predicted octanol–water partition coefficient (Wildman–Crippen LogP) is 1.49. The molecule has 3 heteroatoms. The minimum atomic E-state index is -0.985. The van der Waals surface area contributed by atoms with Gasteiger partial charge in [0.1, 0.15) is 0 Å². The molecule has 0 aliphatic heterocycles. The Morgan fingerprint density at radius 1 is 1.70 bits per heavy atom. The molecule has 0 heterocycles. The van der Waals surface area contributed by atoms with Crippen LogP contribution >= 0.6 is 0 Å². The topological polar surface area (TPSA) is 49.3 Å². The molecule has 0 aromatic carbocycles. The second-order valence-electron chi connectivity index (χ2n) is 2.09. The van der Waals surface area contributed by atoms with E-state index in [0.29, 0.717) is 0 Å². The lowest BCUT2D eigenvalue weighted by Crippen LogP contribution is -2.20. The van der Waals surface area contributed by atoms with E-state index in [0.717, 1.165) is 18.5 Å². The maximum Gasteiger partial charge on any atom is 0.408 e. The van der Waals surface area contributed by atoms with E-state index >= 15 is 0 Å². The Labute approximate surface area is 59.0 Å². The van der Waals surface area contributed by atoms with Gasteiger partial charge in [-0.15, -0.1) is 0 Å². The Kier molecular flexibility index (Phi) is 2.10. The van der Waals surface area contributed by atoms with Gasteiger partial charge in [0.15, 0.2) is 0 Å². The molecule has 0 unspecified atom stereocenters. The van der Waals surface area contributed by atoms with Crippen LogP contribution in [0.1, 0.15) is 12.8 Å². The Bertz CT molecular complexity index is 194. The maximum absolute atomic E-state index is 10.1. The molecule has 0 fully saturated rings. The lowest BCUT2D eigenvalue weighted by Gasteiger charge is -2.06. The summed E-state index contributed by atoms with van der Waals surface area (Å²) in [5.74, 6) is 0. The quantitative estimate of drug-likeness (QED) is 0.578. The maximum atomic E-state index is 10.1. The average Bonchev–Trinajstić information content (AvgIpc) is 1.88. The van der Waals surface area contributed by atoms with E-state index < -0.39 is 6.09 Å². The van der Waals surface area contributed by atoms with Crippen LogP contribution in [0.5, 0.6) is 0 Å². The first-order valence-electron chi connectivity index (χ1n) is 3.14. The highest BCUT2D eigenvalue weighted by Crippen LogP contribution is 2.07. The molecule has 1 amide bonds. The lowest BCUT2D eigenvalue weighted by molar-refractivity contribution is 0.197. The van der Waals surface area contributed by atoms with Crippen molar-refractivity contribution in [3.8, 4) is 0 Å². The first-order valence-corrected chi connectivity index (χ1v) is 3.14. The summed E-state index contributed by atoms with van der Waals surface area (Å²) in [6, 6.07) is 0. The van der Waals surface area contributed by atoms with E-state index in [1.165, 1.54) is 0 Å². The van der Waals surface area contributed by atoms with Gasteiger partial charge < -0.3 is 5.11 Å². The fourth-order valence-corrected chi connectivity index (χ4v) is 0.844. The molecule has 1 rings (SSSR count). The third kappa shape index (κ3) is 1.93. The minimum absolute atomic E-state index is 0.773. The lowest BCUT2D eigenvalue weighted by atomic mass is 10.1. The molecule has 54 valence electrons. The van der Waals surface area contributed by atoms with E-state index in [2.05, 4.69) is 5.32 Å². The highest BCUT2D eigenvalue weighted by Gasteiger charge is 2.01. The van der Waals surface area contributed by atoms with Crippen LogP contribution in [0, 0.1) is 0 Å². The smallest absolute Gasteiger partial charge is 0.408 e. The monoisotopic (exact) mass is 139 g/mol. The first-order chi connectivity index (χ1) is 4.79. The molecule has 0 bridgehead atoms. The molecule has 0 saturated heterocycles. The Morgan fingerprint density at radius 3 is 3.00 bits per heavy atom. The van der Waals surface area contributed by atoms with Gasteiger partial charge in [0, 0.05) is 5.70 Å². The molecule has 0 aromatic rings. The molecule has 0 atom stereocenters. The van der Waals surface area contributed by atoms with Gasteiger partial charge in [0.05, 0.1) is 0 Å². The van der Waals surface area contributed by atoms with Crippen molar-refractivity contribution in [2.24, 2.45) is 0 Å². The van der Waals surface area contributed by atoms with Crippen molar-refractivity contribution in [1.82, 2.24) is 5.32 Å². The van der Waals surface area contributed by atoms with Crippen molar-refractivity contribution in [3.63, 3.8) is 0 Å². The zero-order valence-corrected chi connectivity index (χ0v) is 5.50. The van der Waals surface area contributed by atoms with Crippen LogP contribution in [0.2, 0.25) is 0 Å². The molecule has 3 nitrogen and oxygen atoms in total. The van der Waals surface area contributed by atoms with Crippen molar-refractivity contribution in [2.45, 2.75) is 12.8 Å². The van der Waals surface area contributed by atoms with Gasteiger partial charge in [-0.1, -0.05) is 12.2 Å². The van der Waals surface area contributed by atoms with Crippen molar-refractivity contribution >= 4 is 6.09 Å². The molecule has 0 aromatic heterocycles. The first kappa shape index (κ1) is 6.86. The summed E-state index contributed by atoms with van der Waals surface area (Å²) in [5.41, 5.74) is 0.773. The summed E-state index contributed by atoms with van der Waals surface area (Å²) in [6.45, 7) is 0. The second kappa shape index (κ2) is 3.06.